The quantitative estimate of drug-likeness (QED) is 0.862. The van der Waals surface area contributed by atoms with E-state index in [2.05, 4.69) is 54.3 Å². The van der Waals surface area contributed by atoms with Crippen molar-refractivity contribution < 1.29 is 9.84 Å². The second-order valence-corrected chi connectivity index (χ2v) is 8.58. The van der Waals surface area contributed by atoms with Crippen LogP contribution < -0.4 is 4.74 Å². The van der Waals surface area contributed by atoms with E-state index >= 15 is 0 Å². The van der Waals surface area contributed by atoms with Crippen LogP contribution in [-0.4, -0.2) is 36.8 Å². The number of fused-ring (bicyclic) bond motifs is 1. The van der Waals surface area contributed by atoms with Crippen LogP contribution >= 0.6 is 0 Å². The van der Waals surface area contributed by atoms with E-state index in [1.54, 1.807) is 7.11 Å². The first kappa shape index (κ1) is 18.5. The minimum absolute atomic E-state index is 0.0822. The third kappa shape index (κ3) is 3.76. The van der Waals surface area contributed by atoms with Gasteiger partial charge in [-0.25, -0.2) is 0 Å². The van der Waals surface area contributed by atoms with Crippen molar-refractivity contribution in [1.29, 1.82) is 0 Å². The number of ether oxygens (including phenoxy) is 1. The number of hydrogen-bond donors (Lipinski definition) is 1. The normalized spacial score (nSPS) is 26.6. The van der Waals surface area contributed by atoms with Gasteiger partial charge in [0.05, 0.1) is 13.2 Å². The summed E-state index contributed by atoms with van der Waals surface area (Å²) in [5, 5.41) is 11.1. The molecular formula is C24H31NO2. The van der Waals surface area contributed by atoms with Crippen molar-refractivity contribution in [3.63, 3.8) is 0 Å². The van der Waals surface area contributed by atoms with E-state index in [4.69, 9.17) is 4.74 Å². The lowest BCUT2D eigenvalue weighted by Gasteiger charge is -2.44. The minimum Gasteiger partial charge on any atom is -0.497 e. The van der Waals surface area contributed by atoms with E-state index in [1.807, 2.05) is 6.07 Å². The van der Waals surface area contributed by atoms with Gasteiger partial charge < -0.3 is 14.7 Å². The zero-order chi connectivity index (χ0) is 18.9. The summed E-state index contributed by atoms with van der Waals surface area (Å²) in [6.07, 6.45) is 4.06. The maximum absolute atomic E-state index is 11.1. The van der Waals surface area contributed by atoms with Crippen LogP contribution in [0.2, 0.25) is 0 Å². The fourth-order valence-corrected chi connectivity index (χ4v) is 4.95. The molecule has 3 heteroatoms. The average molecular weight is 366 g/mol. The Morgan fingerprint density at radius 1 is 1.11 bits per heavy atom. The number of aryl methyl sites for hydroxylation is 1. The first-order valence-corrected chi connectivity index (χ1v) is 10.2. The fourth-order valence-electron chi connectivity index (χ4n) is 4.95. The van der Waals surface area contributed by atoms with Crippen LogP contribution in [-0.2, 0) is 6.42 Å². The molecule has 1 aliphatic carbocycles. The van der Waals surface area contributed by atoms with Crippen molar-refractivity contribution in [1.82, 2.24) is 4.90 Å². The number of aliphatic hydroxyl groups is 1. The van der Waals surface area contributed by atoms with Crippen LogP contribution in [0, 0.1) is 5.41 Å². The van der Waals surface area contributed by atoms with Crippen LogP contribution in [0.5, 0.6) is 5.75 Å². The number of likely N-dealkylation sites (tertiary alicyclic amines) is 1. The van der Waals surface area contributed by atoms with Crippen molar-refractivity contribution in [2.75, 3.05) is 26.7 Å². The molecule has 2 aromatic rings. The highest BCUT2D eigenvalue weighted by atomic mass is 16.5. The number of methoxy groups -OCH3 is 1. The third-order valence-electron chi connectivity index (χ3n) is 6.71. The summed E-state index contributed by atoms with van der Waals surface area (Å²) in [4.78, 5) is 2.57. The van der Waals surface area contributed by atoms with Crippen molar-refractivity contribution in [2.45, 2.75) is 44.6 Å². The van der Waals surface area contributed by atoms with Crippen LogP contribution in [0.3, 0.4) is 0 Å². The van der Waals surface area contributed by atoms with E-state index in [-0.39, 0.29) is 5.41 Å². The first-order chi connectivity index (χ1) is 13.1. The molecule has 1 aliphatic heterocycles. The summed E-state index contributed by atoms with van der Waals surface area (Å²) in [7, 11) is 1.70. The van der Waals surface area contributed by atoms with Gasteiger partial charge in [0, 0.05) is 12.0 Å². The summed E-state index contributed by atoms with van der Waals surface area (Å²) < 4.78 is 5.35. The second-order valence-electron chi connectivity index (χ2n) is 8.58. The lowest BCUT2D eigenvalue weighted by atomic mass is 9.70. The van der Waals surface area contributed by atoms with E-state index in [0.29, 0.717) is 5.92 Å². The van der Waals surface area contributed by atoms with Crippen molar-refractivity contribution in [2.24, 2.45) is 5.41 Å². The Morgan fingerprint density at radius 2 is 1.85 bits per heavy atom. The highest BCUT2D eigenvalue weighted by molar-refractivity contribution is 5.39. The van der Waals surface area contributed by atoms with Gasteiger partial charge in [0.1, 0.15) is 5.75 Å². The molecular weight excluding hydrogens is 334 g/mol. The Labute approximate surface area is 163 Å². The molecule has 2 aromatic carbocycles. The lowest BCUT2D eigenvalue weighted by molar-refractivity contribution is -0.0110. The number of aliphatic hydroxyl groups excluding tert-OH is 1. The van der Waals surface area contributed by atoms with Gasteiger partial charge in [0.15, 0.2) is 0 Å². The molecule has 0 radical (unpaired) electrons. The van der Waals surface area contributed by atoms with Crippen LogP contribution in [0.15, 0.2) is 48.5 Å². The standard InChI is InChI=1S/C24H31NO2/c1-24(13-10-20-16-21(27-2)8-9-22(20)23(24)26)17-25-14-11-19(12-15-25)18-6-4-3-5-7-18/h3-9,16,19,23,26H,10-15,17H2,1-2H3. The Bertz CT molecular complexity index is 767. The molecule has 0 aromatic heterocycles. The number of benzene rings is 2. The first-order valence-electron chi connectivity index (χ1n) is 10.2. The lowest BCUT2D eigenvalue weighted by Crippen LogP contribution is -2.45. The molecule has 1 saturated heterocycles. The van der Waals surface area contributed by atoms with Gasteiger partial charge in [-0.05, 0) is 73.5 Å². The van der Waals surface area contributed by atoms with E-state index < -0.39 is 6.10 Å². The average Bonchev–Trinajstić information content (AvgIpc) is 2.72. The van der Waals surface area contributed by atoms with Crippen molar-refractivity contribution in [3.05, 3.63) is 65.2 Å². The van der Waals surface area contributed by atoms with Crippen molar-refractivity contribution in [3.8, 4) is 5.75 Å². The monoisotopic (exact) mass is 365 g/mol. The maximum Gasteiger partial charge on any atom is 0.119 e. The Morgan fingerprint density at radius 3 is 2.56 bits per heavy atom. The number of nitrogens with zero attached hydrogens (tertiary/aromatic N) is 1. The molecule has 4 rings (SSSR count). The molecule has 2 unspecified atom stereocenters. The molecule has 1 heterocycles. The van der Waals surface area contributed by atoms with Crippen LogP contribution in [0.1, 0.15) is 54.9 Å². The summed E-state index contributed by atoms with van der Waals surface area (Å²) in [5.41, 5.74) is 3.72. The zero-order valence-corrected chi connectivity index (χ0v) is 16.5. The Balaban J connectivity index is 1.41. The highest BCUT2D eigenvalue weighted by Gasteiger charge is 2.40. The number of hydrogen-bond acceptors (Lipinski definition) is 3. The second kappa shape index (κ2) is 7.65. The molecule has 0 saturated carbocycles. The summed E-state index contributed by atoms with van der Waals surface area (Å²) in [6, 6.07) is 17.0. The topological polar surface area (TPSA) is 32.7 Å². The van der Waals surface area contributed by atoms with Gasteiger partial charge in [-0.1, -0.05) is 43.3 Å². The summed E-state index contributed by atoms with van der Waals surface area (Å²) in [6.45, 7) is 5.48. The van der Waals surface area contributed by atoms with Gasteiger partial charge in [-0.3, -0.25) is 0 Å². The molecule has 1 N–H and O–H groups in total. The molecule has 2 atom stereocenters. The molecule has 27 heavy (non-hydrogen) atoms. The largest absolute Gasteiger partial charge is 0.497 e. The molecule has 0 bridgehead atoms. The molecule has 1 fully saturated rings. The van der Waals surface area contributed by atoms with E-state index in [9.17, 15) is 5.11 Å². The van der Waals surface area contributed by atoms with Gasteiger partial charge in [0.25, 0.3) is 0 Å². The maximum atomic E-state index is 11.1. The predicted molar refractivity (Wildman–Crippen MR) is 109 cm³/mol. The van der Waals surface area contributed by atoms with Crippen LogP contribution in [0.4, 0.5) is 0 Å². The number of piperidine rings is 1. The summed E-state index contributed by atoms with van der Waals surface area (Å²) >= 11 is 0. The molecule has 0 amide bonds. The minimum atomic E-state index is -0.404. The molecule has 2 aliphatic rings. The smallest absolute Gasteiger partial charge is 0.119 e. The SMILES string of the molecule is COc1ccc2c(c1)CCC(C)(CN1CCC(c3ccccc3)CC1)C2O. The Hall–Kier alpha value is -1.84. The Kier molecular flexibility index (Phi) is 5.25. The van der Waals surface area contributed by atoms with Gasteiger partial charge in [0.2, 0.25) is 0 Å². The zero-order valence-electron chi connectivity index (χ0n) is 16.5. The summed E-state index contributed by atoms with van der Waals surface area (Å²) in [5.74, 6) is 1.56. The highest BCUT2D eigenvalue weighted by Crippen LogP contribution is 2.45. The molecule has 3 nitrogen and oxygen atoms in total. The third-order valence-corrected chi connectivity index (χ3v) is 6.71. The number of rotatable bonds is 4. The van der Waals surface area contributed by atoms with Gasteiger partial charge in [-0.2, -0.15) is 0 Å². The van der Waals surface area contributed by atoms with Gasteiger partial charge in [-0.15, -0.1) is 0 Å². The van der Waals surface area contributed by atoms with E-state index in [0.717, 1.165) is 43.8 Å². The molecule has 0 spiro atoms. The predicted octanol–water partition coefficient (Wildman–Crippen LogP) is 4.56. The fraction of sp³-hybridized carbons (Fsp3) is 0.500. The van der Waals surface area contributed by atoms with E-state index in [1.165, 1.54) is 24.0 Å². The van der Waals surface area contributed by atoms with Crippen molar-refractivity contribution >= 4 is 0 Å². The van der Waals surface area contributed by atoms with Gasteiger partial charge >= 0.3 is 0 Å². The van der Waals surface area contributed by atoms with Crippen LogP contribution in [0.25, 0.3) is 0 Å². The molecule has 144 valence electrons.